The van der Waals surface area contributed by atoms with Crippen molar-refractivity contribution < 1.29 is 4.43 Å². The first-order valence-corrected chi connectivity index (χ1v) is 3.75. The fraction of sp³-hybridized carbons (Fsp3) is 0.111. The molecule has 3 heteroatoms. The largest absolute Gasteiger partial charge is 0.340 e. The Bertz CT molecular complexity index is 473. The Hall–Kier alpha value is -1.64. The summed E-state index contributed by atoms with van der Waals surface area (Å²) in [6.45, 7) is 0. The second-order valence-electron chi connectivity index (χ2n) is 2.72. The molecule has 0 bridgehead atoms. The van der Waals surface area contributed by atoms with Gasteiger partial charge in [0.25, 0.3) is 5.52 Å². The van der Waals surface area contributed by atoms with Gasteiger partial charge in [0, 0.05) is 18.0 Å². The number of hydrogen-bond acceptors (Lipinski definition) is 1. The zero-order valence-electron chi connectivity index (χ0n) is 6.77. The summed E-state index contributed by atoms with van der Waals surface area (Å²) in [5.74, 6) is 0. The summed E-state index contributed by atoms with van der Waals surface area (Å²) < 4.78 is 2.79. The first-order valence-electron chi connectivity index (χ1n) is 3.75. The van der Waals surface area contributed by atoms with Crippen LogP contribution in [0, 0.1) is 4.91 Å². The van der Waals surface area contributed by atoms with Gasteiger partial charge in [0.15, 0.2) is 0 Å². The van der Waals surface area contributed by atoms with E-state index in [1.165, 1.54) is 6.20 Å². The van der Waals surface area contributed by atoms with Crippen LogP contribution in [-0.2, 0) is 7.05 Å². The van der Waals surface area contributed by atoms with Crippen molar-refractivity contribution in [3.8, 4) is 0 Å². The molecule has 0 atom stereocenters. The van der Waals surface area contributed by atoms with Gasteiger partial charge in [-0.25, -0.2) is 0 Å². The van der Waals surface area contributed by atoms with Crippen molar-refractivity contribution in [3.05, 3.63) is 41.6 Å². The minimum Gasteiger partial charge on any atom is -0.340 e. The Morgan fingerprint density at radius 2 is 2.08 bits per heavy atom. The molecule has 0 radical (unpaired) electrons. The van der Waals surface area contributed by atoms with Crippen molar-refractivity contribution in [2.45, 2.75) is 0 Å². The number of benzene rings is 1. The summed E-state index contributed by atoms with van der Waals surface area (Å²) in [5.41, 5.74) is 1.64. The van der Waals surface area contributed by atoms with Crippen LogP contribution in [0.3, 0.4) is 0 Å². The van der Waals surface area contributed by atoms with Gasteiger partial charge in [0.2, 0.25) is 6.20 Å². The van der Waals surface area contributed by atoms with Gasteiger partial charge in [-0.1, -0.05) is 12.1 Å². The molecular weight excluding hydrogens is 152 g/mol. The van der Waals surface area contributed by atoms with E-state index in [1.807, 2.05) is 35.9 Å². The first-order chi connectivity index (χ1) is 5.79. The van der Waals surface area contributed by atoms with Crippen LogP contribution in [0.15, 0.2) is 36.7 Å². The lowest BCUT2D eigenvalue weighted by Crippen LogP contribution is -2.16. The lowest BCUT2D eigenvalue weighted by molar-refractivity contribution is -0.464. The minimum atomic E-state index is 0.697. The summed E-state index contributed by atoms with van der Waals surface area (Å²) in [5, 5.41) is 0. The third kappa shape index (κ3) is 0.906. The molecule has 0 N–H and O–H groups in total. The highest BCUT2D eigenvalue weighted by atomic mass is 16.3. The number of aryl methyl sites for hydroxylation is 1. The Balaban J connectivity index is 3.05. The van der Waals surface area contributed by atoms with E-state index in [9.17, 15) is 4.91 Å². The molecule has 0 saturated carbocycles. The summed E-state index contributed by atoms with van der Waals surface area (Å²) in [6.07, 6.45) is 3.25. The van der Waals surface area contributed by atoms with Crippen LogP contribution in [-0.4, -0.2) is 4.57 Å². The van der Waals surface area contributed by atoms with Crippen LogP contribution >= 0.6 is 0 Å². The van der Waals surface area contributed by atoms with E-state index in [1.54, 1.807) is 6.20 Å². The maximum atomic E-state index is 11.2. The SMILES string of the molecule is Cn1cc[n+](=O)c2ccccc21. The predicted octanol–water partition coefficient (Wildman–Crippen LogP) is 1.09. The summed E-state index contributed by atoms with van der Waals surface area (Å²) >= 11 is 0. The van der Waals surface area contributed by atoms with Gasteiger partial charge in [0.1, 0.15) is 5.52 Å². The zero-order chi connectivity index (χ0) is 8.55. The molecule has 2 rings (SSSR count). The average molecular weight is 161 g/mol. The van der Waals surface area contributed by atoms with E-state index in [0.717, 1.165) is 9.94 Å². The smallest absolute Gasteiger partial charge is 0.286 e. The van der Waals surface area contributed by atoms with Gasteiger partial charge >= 0.3 is 0 Å². The van der Waals surface area contributed by atoms with Crippen LogP contribution in [0.4, 0.5) is 0 Å². The van der Waals surface area contributed by atoms with Crippen molar-refractivity contribution in [1.82, 2.24) is 4.57 Å². The fourth-order valence-electron chi connectivity index (χ4n) is 1.27. The highest BCUT2D eigenvalue weighted by Gasteiger charge is 2.04. The Kier molecular flexibility index (Phi) is 1.43. The summed E-state index contributed by atoms with van der Waals surface area (Å²) in [6, 6.07) is 7.51. The summed E-state index contributed by atoms with van der Waals surface area (Å²) in [4.78, 5) is 11.2. The average Bonchev–Trinajstić information content (AvgIpc) is 2.12. The molecule has 12 heavy (non-hydrogen) atoms. The topological polar surface area (TPSA) is 27.9 Å². The normalized spacial score (nSPS) is 10.4. The van der Waals surface area contributed by atoms with Crippen LogP contribution in [0.25, 0.3) is 11.0 Å². The highest BCUT2D eigenvalue weighted by molar-refractivity contribution is 5.70. The molecule has 0 saturated heterocycles. The van der Waals surface area contributed by atoms with Gasteiger partial charge in [-0.2, -0.15) is 0 Å². The van der Waals surface area contributed by atoms with Gasteiger partial charge in [-0.05, 0) is 6.07 Å². The van der Waals surface area contributed by atoms with E-state index < -0.39 is 0 Å². The van der Waals surface area contributed by atoms with Crippen LogP contribution in [0.5, 0.6) is 0 Å². The highest BCUT2D eigenvalue weighted by Crippen LogP contribution is 2.05. The maximum absolute atomic E-state index is 11.2. The molecule has 0 spiro atoms. The quantitative estimate of drug-likeness (QED) is 0.531. The molecule has 0 fully saturated rings. The Morgan fingerprint density at radius 1 is 1.33 bits per heavy atom. The molecule has 0 aliphatic rings. The van der Waals surface area contributed by atoms with Gasteiger partial charge in [0.05, 0.1) is 10.6 Å². The number of nitrogens with zero attached hydrogens (tertiary/aromatic N) is 2. The van der Waals surface area contributed by atoms with E-state index in [0.29, 0.717) is 5.52 Å². The van der Waals surface area contributed by atoms with Crippen molar-refractivity contribution in [2.75, 3.05) is 0 Å². The molecule has 1 aromatic heterocycles. The molecule has 2 aromatic rings. The van der Waals surface area contributed by atoms with Crippen LogP contribution < -0.4 is 4.43 Å². The molecule has 60 valence electrons. The van der Waals surface area contributed by atoms with E-state index in [2.05, 4.69) is 0 Å². The predicted molar refractivity (Wildman–Crippen MR) is 46.3 cm³/mol. The number of rotatable bonds is 0. The second kappa shape index (κ2) is 2.44. The van der Waals surface area contributed by atoms with Crippen molar-refractivity contribution in [1.29, 1.82) is 0 Å². The van der Waals surface area contributed by atoms with E-state index >= 15 is 0 Å². The van der Waals surface area contributed by atoms with Crippen LogP contribution in [0.2, 0.25) is 0 Å². The van der Waals surface area contributed by atoms with Crippen molar-refractivity contribution in [2.24, 2.45) is 7.05 Å². The second-order valence-corrected chi connectivity index (χ2v) is 2.72. The molecule has 0 aliphatic heterocycles. The molecule has 1 aromatic carbocycles. The van der Waals surface area contributed by atoms with Gasteiger partial charge in [-0.3, -0.25) is 0 Å². The fourth-order valence-corrected chi connectivity index (χ4v) is 1.27. The van der Waals surface area contributed by atoms with Crippen LogP contribution in [0.1, 0.15) is 0 Å². The lowest BCUT2D eigenvalue weighted by atomic mass is 10.3. The maximum Gasteiger partial charge on any atom is 0.286 e. The first kappa shape index (κ1) is 7.03. The third-order valence-corrected chi connectivity index (χ3v) is 1.92. The molecule has 3 nitrogen and oxygen atoms in total. The van der Waals surface area contributed by atoms with Crippen molar-refractivity contribution >= 4 is 11.0 Å². The molecular formula is C9H9N2O+. The molecule has 0 aliphatic carbocycles. The number of hydrogen-bond donors (Lipinski definition) is 0. The number of fused-ring (bicyclic) bond motifs is 1. The summed E-state index contributed by atoms with van der Waals surface area (Å²) in [7, 11) is 1.92. The molecule has 0 unspecified atom stereocenters. The third-order valence-electron chi connectivity index (χ3n) is 1.92. The Labute approximate surface area is 69.5 Å². The Morgan fingerprint density at radius 3 is 2.83 bits per heavy atom. The number of para-hydroxylation sites is 2. The zero-order valence-corrected chi connectivity index (χ0v) is 6.77. The number of aromatic nitrogens is 2. The molecule has 1 heterocycles. The van der Waals surface area contributed by atoms with E-state index in [4.69, 9.17) is 0 Å². The van der Waals surface area contributed by atoms with Gasteiger partial charge in [-0.15, -0.1) is 0 Å². The van der Waals surface area contributed by atoms with E-state index in [-0.39, 0.29) is 0 Å². The van der Waals surface area contributed by atoms with Crippen molar-refractivity contribution in [3.63, 3.8) is 0 Å². The standard InChI is InChI=1S/C9H9N2O/c1-10-6-7-11(12)9-5-3-2-4-8(9)10/h2-7H,1H3/q+1. The minimum absolute atomic E-state index is 0.697. The van der Waals surface area contributed by atoms with Gasteiger partial charge < -0.3 is 4.57 Å². The molecule has 0 amide bonds. The lowest BCUT2D eigenvalue weighted by Gasteiger charge is -1.96. The monoisotopic (exact) mass is 161 g/mol.